The molecule has 2 N–H and O–H groups in total. The van der Waals surface area contributed by atoms with Gasteiger partial charge in [-0.25, -0.2) is 0 Å². The Balaban J connectivity index is 2.42. The van der Waals surface area contributed by atoms with Crippen LogP contribution in [0.4, 0.5) is 13.2 Å². The normalized spacial score (nSPS) is 16.8. The van der Waals surface area contributed by atoms with Crippen molar-refractivity contribution in [2.24, 2.45) is 0 Å². The number of hydrogen-bond donors (Lipinski definition) is 2. The lowest BCUT2D eigenvalue weighted by Crippen LogP contribution is -2.20. The highest BCUT2D eigenvalue weighted by atomic mass is 19.4. The SMILES string of the molecule is Oc1ccc(C(F)(F)F)cc1C1=CCNCC1. The Morgan fingerprint density at radius 1 is 1.24 bits per heavy atom. The molecule has 0 amide bonds. The molecule has 0 atom stereocenters. The second-order valence-corrected chi connectivity index (χ2v) is 3.91. The lowest BCUT2D eigenvalue weighted by atomic mass is 9.97. The van der Waals surface area contributed by atoms with Gasteiger partial charge in [0.25, 0.3) is 0 Å². The topological polar surface area (TPSA) is 32.3 Å². The lowest BCUT2D eigenvalue weighted by Gasteiger charge is -2.17. The van der Waals surface area contributed by atoms with Crippen molar-refractivity contribution in [2.45, 2.75) is 12.6 Å². The summed E-state index contributed by atoms with van der Waals surface area (Å²) in [6.45, 7) is 1.33. The largest absolute Gasteiger partial charge is 0.507 e. The van der Waals surface area contributed by atoms with Crippen LogP contribution in [0.2, 0.25) is 0 Å². The molecule has 0 aliphatic carbocycles. The number of nitrogens with one attached hydrogen (secondary N) is 1. The van der Waals surface area contributed by atoms with Gasteiger partial charge in [0.2, 0.25) is 0 Å². The van der Waals surface area contributed by atoms with Crippen molar-refractivity contribution in [3.63, 3.8) is 0 Å². The predicted octanol–water partition coefficient (Wildman–Crippen LogP) is 2.79. The number of phenolic OH excluding ortho intramolecular Hbond substituents is 1. The van der Waals surface area contributed by atoms with Crippen molar-refractivity contribution in [3.05, 3.63) is 35.4 Å². The number of aromatic hydroxyl groups is 1. The van der Waals surface area contributed by atoms with E-state index < -0.39 is 11.7 Å². The molecule has 1 aliphatic rings. The van der Waals surface area contributed by atoms with Crippen molar-refractivity contribution in [1.82, 2.24) is 5.32 Å². The molecule has 0 saturated heterocycles. The van der Waals surface area contributed by atoms with E-state index in [2.05, 4.69) is 5.32 Å². The van der Waals surface area contributed by atoms with Crippen LogP contribution < -0.4 is 5.32 Å². The molecular weight excluding hydrogens is 231 g/mol. The molecule has 2 rings (SSSR count). The molecule has 0 radical (unpaired) electrons. The summed E-state index contributed by atoms with van der Waals surface area (Å²) in [5, 5.41) is 12.7. The van der Waals surface area contributed by atoms with Crippen LogP contribution in [-0.4, -0.2) is 18.2 Å². The molecule has 1 aromatic carbocycles. The molecule has 17 heavy (non-hydrogen) atoms. The molecule has 5 heteroatoms. The molecule has 0 aromatic heterocycles. The number of hydrogen-bond acceptors (Lipinski definition) is 2. The van der Waals surface area contributed by atoms with E-state index in [0.717, 1.165) is 23.8 Å². The third kappa shape index (κ3) is 2.61. The van der Waals surface area contributed by atoms with E-state index in [1.54, 1.807) is 6.08 Å². The van der Waals surface area contributed by atoms with Gasteiger partial charge < -0.3 is 10.4 Å². The van der Waals surface area contributed by atoms with Crippen LogP contribution in [0.15, 0.2) is 24.3 Å². The predicted molar refractivity (Wildman–Crippen MR) is 58.6 cm³/mol. The van der Waals surface area contributed by atoms with Crippen LogP contribution in [0.1, 0.15) is 17.5 Å². The van der Waals surface area contributed by atoms with Gasteiger partial charge in [0.15, 0.2) is 0 Å². The number of halogens is 3. The van der Waals surface area contributed by atoms with Crippen LogP contribution in [0.25, 0.3) is 5.57 Å². The zero-order valence-corrected chi connectivity index (χ0v) is 9.01. The van der Waals surface area contributed by atoms with Gasteiger partial charge in [-0.05, 0) is 36.7 Å². The maximum atomic E-state index is 12.6. The molecule has 0 fully saturated rings. The summed E-state index contributed by atoms with van der Waals surface area (Å²) in [7, 11) is 0. The summed E-state index contributed by atoms with van der Waals surface area (Å²) >= 11 is 0. The van der Waals surface area contributed by atoms with Gasteiger partial charge in [-0.15, -0.1) is 0 Å². The number of alkyl halides is 3. The quantitative estimate of drug-likeness (QED) is 0.795. The summed E-state index contributed by atoms with van der Waals surface area (Å²) in [5.41, 5.74) is 0.304. The van der Waals surface area contributed by atoms with Crippen molar-refractivity contribution >= 4 is 5.57 Å². The van der Waals surface area contributed by atoms with Gasteiger partial charge in [-0.3, -0.25) is 0 Å². The minimum atomic E-state index is -4.38. The van der Waals surface area contributed by atoms with Crippen LogP contribution in [0.3, 0.4) is 0 Å². The highest BCUT2D eigenvalue weighted by Gasteiger charge is 2.31. The third-order valence-electron chi connectivity index (χ3n) is 2.73. The zero-order chi connectivity index (χ0) is 12.5. The highest BCUT2D eigenvalue weighted by Crippen LogP contribution is 2.35. The van der Waals surface area contributed by atoms with E-state index in [0.29, 0.717) is 19.5 Å². The van der Waals surface area contributed by atoms with Gasteiger partial charge >= 0.3 is 6.18 Å². The van der Waals surface area contributed by atoms with Crippen molar-refractivity contribution in [3.8, 4) is 5.75 Å². The fraction of sp³-hybridized carbons (Fsp3) is 0.333. The minimum Gasteiger partial charge on any atom is -0.507 e. The Morgan fingerprint density at radius 3 is 2.59 bits per heavy atom. The summed E-state index contributed by atoms with van der Waals surface area (Å²) in [6, 6.07) is 2.99. The first-order valence-electron chi connectivity index (χ1n) is 5.29. The summed E-state index contributed by atoms with van der Waals surface area (Å²) < 4.78 is 37.7. The van der Waals surface area contributed by atoms with Gasteiger partial charge in [0, 0.05) is 12.1 Å². The zero-order valence-electron chi connectivity index (χ0n) is 9.01. The van der Waals surface area contributed by atoms with Gasteiger partial charge in [-0.2, -0.15) is 13.2 Å². The molecule has 1 heterocycles. The number of phenols is 1. The molecule has 1 aromatic rings. The molecule has 0 unspecified atom stereocenters. The molecule has 2 nitrogen and oxygen atoms in total. The van der Waals surface area contributed by atoms with E-state index in [1.165, 1.54) is 0 Å². The molecule has 92 valence electrons. The fourth-order valence-corrected chi connectivity index (χ4v) is 1.84. The first-order chi connectivity index (χ1) is 7.98. The highest BCUT2D eigenvalue weighted by molar-refractivity contribution is 5.71. The molecule has 1 aliphatic heterocycles. The second kappa shape index (κ2) is 4.41. The van der Waals surface area contributed by atoms with Crippen LogP contribution >= 0.6 is 0 Å². The van der Waals surface area contributed by atoms with E-state index in [1.807, 2.05) is 0 Å². The monoisotopic (exact) mass is 243 g/mol. The Kier molecular flexibility index (Phi) is 3.11. The summed E-state index contributed by atoms with van der Waals surface area (Å²) in [5.74, 6) is -0.105. The van der Waals surface area contributed by atoms with Crippen molar-refractivity contribution in [2.75, 3.05) is 13.1 Å². The van der Waals surface area contributed by atoms with Crippen molar-refractivity contribution < 1.29 is 18.3 Å². The minimum absolute atomic E-state index is 0.105. The Labute approximate surface area is 96.8 Å². The Morgan fingerprint density at radius 2 is 2.00 bits per heavy atom. The average molecular weight is 243 g/mol. The van der Waals surface area contributed by atoms with Crippen molar-refractivity contribution in [1.29, 1.82) is 0 Å². The van der Waals surface area contributed by atoms with Crippen LogP contribution in [-0.2, 0) is 6.18 Å². The second-order valence-electron chi connectivity index (χ2n) is 3.91. The smallest absolute Gasteiger partial charge is 0.416 e. The summed E-state index contributed by atoms with van der Waals surface area (Å²) in [6.07, 6.45) is -1.95. The van der Waals surface area contributed by atoms with Crippen LogP contribution in [0.5, 0.6) is 5.75 Å². The Hall–Kier alpha value is -1.49. The van der Waals surface area contributed by atoms with E-state index in [-0.39, 0.29) is 11.3 Å². The van der Waals surface area contributed by atoms with E-state index in [9.17, 15) is 18.3 Å². The van der Waals surface area contributed by atoms with E-state index >= 15 is 0 Å². The van der Waals surface area contributed by atoms with Crippen LogP contribution in [0, 0.1) is 0 Å². The average Bonchev–Trinajstić information content (AvgIpc) is 2.29. The molecular formula is C12H12F3NO. The van der Waals surface area contributed by atoms with Gasteiger partial charge in [-0.1, -0.05) is 6.08 Å². The standard InChI is InChI=1S/C12H12F3NO/c13-12(14,15)9-1-2-11(17)10(7-9)8-3-5-16-6-4-8/h1-3,7,16-17H,4-6H2. The first-order valence-corrected chi connectivity index (χ1v) is 5.29. The molecule has 0 bridgehead atoms. The maximum absolute atomic E-state index is 12.6. The third-order valence-corrected chi connectivity index (χ3v) is 2.73. The first kappa shape index (κ1) is 12.0. The number of benzene rings is 1. The fourth-order valence-electron chi connectivity index (χ4n) is 1.84. The Bertz CT molecular complexity index is 452. The maximum Gasteiger partial charge on any atom is 0.416 e. The number of rotatable bonds is 1. The van der Waals surface area contributed by atoms with Gasteiger partial charge in [0.1, 0.15) is 5.75 Å². The molecule has 0 spiro atoms. The molecule has 0 saturated carbocycles. The summed E-state index contributed by atoms with van der Waals surface area (Å²) in [4.78, 5) is 0. The van der Waals surface area contributed by atoms with E-state index in [4.69, 9.17) is 0 Å². The van der Waals surface area contributed by atoms with Gasteiger partial charge in [0.05, 0.1) is 5.56 Å². The lowest BCUT2D eigenvalue weighted by molar-refractivity contribution is -0.137.